The van der Waals surface area contributed by atoms with Crippen LogP contribution in [-0.2, 0) is 0 Å². The monoisotopic (exact) mass is 329 g/mol. The van der Waals surface area contributed by atoms with Crippen molar-refractivity contribution in [3.63, 3.8) is 0 Å². The Morgan fingerprint density at radius 3 is 1.59 bits per heavy atom. The van der Waals surface area contributed by atoms with Gasteiger partial charge < -0.3 is 4.48 Å². The molecular weight excluding hydrogens is 307 g/mol. The Hall–Kier alpha value is -1.79. The number of hydrogen-bond acceptors (Lipinski definition) is 4. The van der Waals surface area contributed by atoms with Crippen molar-refractivity contribution in [3.05, 3.63) is 0 Å². The summed E-state index contributed by atoms with van der Waals surface area (Å²) < 4.78 is 27.0. The fraction of sp³-hybridized carbons (Fsp3) is 0.714. The third-order valence-electron chi connectivity index (χ3n) is 3.85. The number of halogens is 2. The van der Waals surface area contributed by atoms with Crippen molar-refractivity contribution in [2.45, 2.75) is 39.0 Å². The SMILES string of the molecule is CCCC[N+]1(C)CCCCC1.N#C[P-](F)(F)(C#N)(C#N)C#N. The Morgan fingerprint density at radius 2 is 1.32 bits per heavy atom. The molecule has 0 spiro atoms. The van der Waals surface area contributed by atoms with Crippen LogP contribution in [0.1, 0.15) is 39.0 Å². The molecule has 0 bridgehead atoms. The van der Waals surface area contributed by atoms with Crippen molar-refractivity contribution >= 4 is 6.57 Å². The van der Waals surface area contributed by atoms with E-state index >= 15 is 0 Å². The van der Waals surface area contributed by atoms with Gasteiger partial charge in [-0.2, -0.15) is 0 Å². The summed E-state index contributed by atoms with van der Waals surface area (Å²) in [6, 6.07) is 0. The predicted molar refractivity (Wildman–Crippen MR) is 81.1 cm³/mol. The number of hydrogen-bond donors (Lipinski definition) is 0. The number of nitrogens with zero attached hydrogens (tertiary/aromatic N) is 5. The molecule has 0 unspecified atom stereocenters. The van der Waals surface area contributed by atoms with Gasteiger partial charge in [0.05, 0.1) is 26.7 Å². The minimum atomic E-state index is -7.59. The van der Waals surface area contributed by atoms with Crippen molar-refractivity contribution < 1.29 is 12.9 Å². The Morgan fingerprint density at radius 1 is 0.909 bits per heavy atom. The van der Waals surface area contributed by atoms with Gasteiger partial charge in [0.25, 0.3) is 0 Å². The number of piperidine rings is 1. The molecule has 1 saturated heterocycles. The standard InChI is InChI=1S/C10H22N.C4F2N4P/c1-3-4-8-11(2)9-6-5-7-10-11;5-11(6,1-7,2-8,3-9)4-10/h3-10H2,1-2H3;/q+1;-1. The minimum absolute atomic E-state index is 0.237. The number of rotatable bonds is 3. The zero-order valence-corrected chi connectivity index (χ0v) is 14.0. The van der Waals surface area contributed by atoms with Crippen LogP contribution in [0.5, 0.6) is 0 Å². The summed E-state index contributed by atoms with van der Waals surface area (Å²) in [7, 11) is 2.43. The van der Waals surface area contributed by atoms with Gasteiger partial charge >= 0.3 is 59.2 Å². The maximum absolute atomic E-state index is 12.8. The van der Waals surface area contributed by atoms with E-state index in [1.807, 2.05) is 0 Å². The molecule has 0 saturated carbocycles. The number of unbranched alkanes of at least 4 members (excludes halogenated alkanes) is 1. The van der Waals surface area contributed by atoms with Crippen LogP contribution in [-0.4, -0.2) is 31.2 Å². The molecule has 1 aliphatic rings. The van der Waals surface area contributed by atoms with Gasteiger partial charge in [-0.15, -0.1) is 0 Å². The topological polar surface area (TPSA) is 95.2 Å². The molecule has 1 aliphatic heterocycles. The van der Waals surface area contributed by atoms with E-state index in [0.717, 1.165) is 0 Å². The summed E-state index contributed by atoms with van der Waals surface area (Å²) in [4.78, 5) is 0. The normalized spacial score (nSPS) is 19.5. The first kappa shape index (κ1) is 20.2. The molecule has 0 N–H and O–H groups in total. The van der Waals surface area contributed by atoms with E-state index in [2.05, 4.69) is 14.0 Å². The maximum atomic E-state index is 12.8. The Labute approximate surface area is 130 Å². The zero-order valence-electron chi connectivity index (χ0n) is 13.1. The van der Waals surface area contributed by atoms with Gasteiger partial charge in [-0.05, 0) is 25.7 Å². The van der Waals surface area contributed by atoms with Crippen molar-refractivity contribution in [1.29, 1.82) is 21.0 Å². The second kappa shape index (κ2) is 6.54. The molecule has 0 radical (unpaired) electrons. The molecule has 8 heteroatoms. The summed E-state index contributed by atoms with van der Waals surface area (Å²) in [5, 5.41) is 31.6. The first-order valence-corrected chi connectivity index (χ1v) is 9.69. The summed E-state index contributed by atoms with van der Waals surface area (Å²) in [5.41, 5.74) is 0. The van der Waals surface area contributed by atoms with E-state index in [1.165, 1.54) is 56.2 Å². The number of likely N-dealkylation sites (tertiary alicyclic amines) is 1. The van der Waals surface area contributed by atoms with Gasteiger partial charge in [-0.3, -0.25) is 0 Å². The van der Waals surface area contributed by atoms with E-state index in [4.69, 9.17) is 21.0 Å². The molecular formula is C14H22F2N5P. The van der Waals surface area contributed by atoms with Crippen molar-refractivity contribution in [2.75, 3.05) is 26.7 Å². The van der Waals surface area contributed by atoms with Crippen molar-refractivity contribution in [2.24, 2.45) is 0 Å². The van der Waals surface area contributed by atoms with Gasteiger partial charge in [0.15, 0.2) is 0 Å². The van der Waals surface area contributed by atoms with Crippen LogP contribution < -0.4 is 0 Å². The molecule has 0 atom stereocenters. The molecule has 0 aliphatic carbocycles. The van der Waals surface area contributed by atoms with E-state index in [1.54, 1.807) is 0 Å². The van der Waals surface area contributed by atoms with Gasteiger partial charge in [-0.25, -0.2) is 0 Å². The van der Waals surface area contributed by atoms with Crippen LogP contribution in [0.2, 0.25) is 0 Å². The van der Waals surface area contributed by atoms with Crippen LogP contribution in [0, 0.1) is 44.3 Å². The van der Waals surface area contributed by atoms with Gasteiger partial charge in [0, 0.05) is 0 Å². The van der Waals surface area contributed by atoms with Crippen molar-refractivity contribution in [1.82, 2.24) is 0 Å². The molecule has 1 rings (SSSR count). The molecule has 5 nitrogen and oxygen atoms in total. The molecule has 0 amide bonds. The first-order chi connectivity index (χ1) is 10.1. The third kappa shape index (κ3) is 4.89. The van der Waals surface area contributed by atoms with Crippen molar-refractivity contribution in [3.8, 4) is 23.2 Å². The van der Waals surface area contributed by atoms with Gasteiger partial charge in [-0.1, -0.05) is 13.3 Å². The average molecular weight is 329 g/mol. The number of quaternary nitrogens is 1. The van der Waals surface area contributed by atoms with Gasteiger partial charge in [0.2, 0.25) is 0 Å². The third-order valence-corrected chi connectivity index (χ3v) is 5.65. The van der Waals surface area contributed by atoms with E-state index < -0.39 is 6.57 Å². The van der Waals surface area contributed by atoms with Crippen LogP contribution in [0.3, 0.4) is 0 Å². The Balaban J connectivity index is 0.000000401. The average Bonchev–Trinajstić information content (AvgIpc) is 2.55. The molecule has 1 heterocycles. The summed E-state index contributed by atoms with van der Waals surface area (Å²) in [6.45, 7) is -1.02. The second-order valence-corrected chi connectivity index (χ2v) is 9.64. The van der Waals surface area contributed by atoms with Crippen LogP contribution >= 0.6 is 6.57 Å². The van der Waals surface area contributed by atoms with Crippen LogP contribution in [0.15, 0.2) is 0 Å². The van der Waals surface area contributed by atoms with E-state index in [9.17, 15) is 8.39 Å². The Kier molecular flexibility index (Phi) is 6.01. The van der Waals surface area contributed by atoms with Crippen LogP contribution in [0.4, 0.5) is 8.39 Å². The fourth-order valence-electron chi connectivity index (χ4n) is 2.17. The fourth-order valence-corrected chi connectivity index (χ4v) is 2.44. The summed E-state index contributed by atoms with van der Waals surface area (Å²) >= 11 is 0. The second-order valence-electron chi connectivity index (χ2n) is 6.02. The summed E-state index contributed by atoms with van der Waals surface area (Å²) in [5.74, 6) is 0.949. The zero-order chi connectivity index (χ0) is 17.4. The summed E-state index contributed by atoms with van der Waals surface area (Å²) in [6.07, 6.45) is 7.16. The molecule has 22 heavy (non-hydrogen) atoms. The molecule has 1 fully saturated rings. The molecule has 0 aromatic rings. The number of nitriles is 4. The van der Waals surface area contributed by atoms with E-state index in [-0.39, 0.29) is 23.2 Å². The van der Waals surface area contributed by atoms with Crippen LogP contribution in [0.25, 0.3) is 0 Å². The predicted octanol–water partition coefficient (Wildman–Crippen LogP) is 4.19. The Bertz CT molecular complexity index is 505. The van der Waals surface area contributed by atoms with E-state index in [0.29, 0.717) is 0 Å². The molecule has 0 aromatic carbocycles. The molecule has 122 valence electrons. The molecule has 0 aromatic heterocycles. The first-order valence-electron chi connectivity index (χ1n) is 7.23. The van der Waals surface area contributed by atoms with Gasteiger partial charge in [0.1, 0.15) is 0 Å². The quantitative estimate of drug-likeness (QED) is 0.573.